The maximum Gasteiger partial charge on any atom is 0.307 e. The second-order valence-corrected chi connectivity index (χ2v) is 4.86. The second-order valence-electron chi connectivity index (χ2n) is 3.90. The fourth-order valence-corrected chi connectivity index (χ4v) is 2.10. The summed E-state index contributed by atoms with van der Waals surface area (Å²) < 4.78 is 1.49. The SMILES string of the molecule is Cc1c(C(=O)NCCN(C)C)sc(=O)n1C. The fraction of sp³-hybridized carbons (Fsp3) is 0.600. The molecule has 1 rings (SSSR count). The molecule has 0 spiro atoms. The molecular formula is C10H17N3O2S. The number of thiazole rings is 1. The normalized spacial score (nSPS) is 10.8. The molecule has 0 bridgehead atoms. The molecule has 0 atom stereocenters. The lowest BCUT2D eigenvalue weighted by Gasteiger charge is -2.09. The molecular weight excluding hydrogens is 226 g/mol. The zero-order valence-corrected chi connectivity index (χ0v) is 10.8. The number of carbonyl (C=O) groups excluding carboxylic acids is 1. The van der Waals surface area contributed by atoms with Crippen molar-refractivity contribution in [2.45, 2.75) is 6.92 Å². The van der Waals surface area contributed by atoms with Gasteiger partial charge in [0.25, 0.3) is 5.91 Å². The Labute approximate surface area is 98.7 Å². The van der Waals surface area contributed by atoms with Crippen molar-refractivity contribution in [3.8, 4) is 0 Å². The molecule has 0 aromatic carbocycles. The highest BCUT2D eigenvalue weighted by Gasteiger charge is 2.14. The van der Waals surface area contributed by atoms with Crippen LogP contribution in [0.1, 0.15) is 15.4 Å². The summed E-state index contributed by atoms with van der Waals surface area (Å²) >= 11 is 0.990. The van der Waals surface area contributed by atoms with E-state index in [0.29, 0.717) is 11.4 Å². The van der Waals surface area contributed by atoms with E-state index < -0.39 is 0 Å². The lowest BCUT2D eigenvalue weighted by atomic mass is 10.3. The van der Waals surface area contributed by atoms with Crippen LogP contribution in [0.5, 0.6) is 0 Å². The smallest absolute Gasteiger partial charge is 0.307 e. The summed E-state index contributed by atoms with van der Waals surface area (Å²) in [4.78, 5) is 25.5. The van der Waals surface area contributed by atoms with Crippen LogP contribution >= 0.6 is 11.3 Å². The monoisotopic (exact) mass is 243 g/mol. The summed E-state index contributed by atoms with van der Waals surface area (Å²) in [5.41, 5.74) is 0.720. The third-order valence-corrected chi connectivity index (χ3v) is 3.48. The Hall–Kier alpha value is -1.14. The molecule has 0 aliphatic heterocycles. The van der Waals surface area contributed by atoms with Crippen LogP contribution < -0.4 is 10.2 Å². The van der Waals surface area contributed by atoms with Gasteiger partial charge in [-0.15, -0.1) is 0 Å². The topological polar surface area (TPSA) is 54.3 Å². The zero-order valence-electron chi connectivity index (χ0n) is 10.0. The first-order valence-corrected chi connectivity index (χ1v) is 5.84. The van der Waals surface area contributed by atoms with Crippen LogP contribution in [0.3, 0.4) is 0 Å². The molecule has 0 saturated heterocycles. The van der Waals surface area contributed by atoms with E-state index in [4.69, 9.17) is 0 Å². The van der Waals surface area contributed by atoms with Gasteiger partial charge in [0, 0.05) is 25.8 Å². The summed E-state index contributed by atoms with van der Waals surface area (Å²) in [6.45, 7) is 3.15. The van der Waals surface area contributed by atoms with Crippen LogP contribution in [-0.4, -0.2) is 42.6 Å². The summed E-state index contributed by atoms with van der Waals surface area (Å²) in [7, 11) is 5.56. The number of amides is 1. The standard InChI is InChI=1S/C10H17N3O2S/c1-7-8(16-10(15)13(7)4)9(14)11-5-6-12(2)3/h5-6H2,1-4H3,(H,11,14). The maximum atomic E-state index is 11.7. The van der Waals surface area contributed by atoms with Gasteiger partial charge in [0.05, 0.1) is 0 Å². The van der Waals surface area contributed by atoms with Crippen LogP contribution in [0.4, 0.5) is 0 Å². The molecule has 1 N–H and O–H groups in total. The van der Waals surface area contributed by atoms with Crippen LogP contribution in [0.2, 0.25) is 0 Å². The van der Waals surface area contributed by atoms with Gasteiger partial charge in [0.1, 0.15) is 4.88 Å². The first-order valence-electron chi connectivity index (χ1n) is 5.03. The Morgan fingerprint density at radius 3 is 2.56 bits per heavy atom. The molecule has 0 fully saturated rings. The van der Waals surface area contributed by atoms with Gasteiger partial charge in [-0.2, -0.15) is 0 Å². The highest BCUT2D eigenvalue weighted by Crippen LogP contribution is 2.09. The third kappa shape index (κ3) is 2.93. The first-order chi connectivity index (χ1) is 7.43. The number of rotatable bonds is 4. The average molecular weight is 243 g/mol. The van der Waals surface area contributed by atoms with Crippen LogP contribution in [-0.2, 0) is 7.05 Å². The number of carbonyl (C=O) groups is 1. The Bertz CT molecular complexity index is 434. The van der Waals surface area contributed by atoms with Gasteiger partial charge in [0.15, 0.2) is 0 Å². The molecule has 1 aromatic heterocycles. The molecule has 0 unspecified atom stereocenters. The number of nitrogens with zero attached hydrogens (tertiary/aromatic N) is 2. The summed E-state index contributed by atoms with van der Waals surface area (Å²) in [5.74, 6) is -0.165. The van der Waals surface area contributed by atoms with Crippen LogP contribution in [0, 0.1) is 6.92 Å². The molecule has 1 heterocycles. The third-order valence-electron chi connectivity index (χ3n) is 2.35. The lowest BCUT2D eigenvalue weighted by Crippen LogP contribution is -2.31. The molecule has 90 valence electrons. The molecule has 0 saturated carbocycles. The summed E-state index contributed by atoms with van der Waals surface area (Å²) in [5, 5.41) is 2.79. The van der Waals surface area contributed by atoms with Crippen molar-refractivity contribution in [3.05, 3.63) is 20.2 Å². The van der Waals surface area contributed by atoms with E-state index in [2.05, 4.69) is 5.32 Å². The van der Waals surface area contributed by atoms with E-state index in [1.807, 2.05) is 19.0 Å². The van der Waals surface area contributed by atoms with E-state index in [9.17, 15) is 9.59 Å². The van der Waals surface area contributed by atoms with Gasteiger partial charge >= 0.3 is 4.87 Å². The van der Waals surface area contributed by atoms with E-state index in [1.54, 1.807) is 14.0 Å². The van der Waals surface area contributed by atoms with Crippen LogP contribution in [0.15, 0.2) is 4.79 Å². The minimum Gasteiger partial charge on any atom is -0.350 e. The number of hydrogen-bond donors (Lipinski definition) is 1. The van der Waals surface area contributed by atoms with Crippen molar-refractivity contribution in [2.75, 3.05) is 27.2 Å². The van der Waals surface area contributed by atoms with E-state index in [1.165, 1.54) is 4.57 Å². The molecule has 0 radical (unpaired) electrons. The van der Waals surface area contributed by atoms with Crippen LogP contribution in [0.25, 0.3) is 0 Å². The second kappa shape index (κ2) is 5.27. The Kier molecular flexibility index (Phi) is 4.26. The van der Waals surface area contributed by atoms with Gasteiger partial charge in [-0.05, 0) is 21.0 Å². The minimum atomic E-state index is -0.165. The molecule has 5 nitrogen and oxygen atoms in total. The van der Waals surface area contributed by atoms with Gasteiger partial charge in [-0.1, -0.05) is 11.3 Å². The predicted molar refractivity (Wildman–Crippen MR) is 65.2 cm³/mol. The molecule has 1 aromatic rings. The highest BCUT2D eigenvalue weighted by molar-refractivity contribution is 7.11. The van der Waals surface area contributed by atoms with Crippen molar-refractivity contribution in [1.82, 2.24) is 14.8 Å². The summed E-state index contributed by atoms with van der Waals surface area (Å²) in [6, 6.07) is 0. The van der Waals surface area contributed by atoms with Gasteiger partial charge in [-0.25, -0.2) is 0 Å². The van der Waals surface area contributed by atoms with Gasteiger partial charge in [0.2, 0.25) is 0 Å². The average Bonchev–Trinajstić information content (AvgIpc) is 2.45. The van der Waals surface area contributed by atoms with Crippen molar-refractivity contribution in [1.29, 1.82) is 0 Å². The van der Waals surface area contributed by atoms with Crippen molar-refractivity contribution in [3.63, 3.8) is 0 Å². The molecule has 6 heteroatoms. The Morgan fingerprint density at radius 2 is 2.12 bits per heavy atom. The lowest BCUT2D eigenvalue weighted by molar-refractivity contribution is 0.0954. The summed E-state index contributed by atoms with van der Waals surface area (Å²) in [6.07, 6.45) is 0. The molecule has 0 aliphatic rings. The van der Waals surface area contributed by atoms with Crippen molar-refractivity contribution < 1.29 is 4.79 Å². The first kappa shape index (κ1) is 12.9. The van der Waals surface area contributed by atoms with Crippen molar-refractivity contribution in [2.24, 2.45) is 7.05 Å². The largest absolute Gasteiger partial charge is 0.350 e. The fourth-order valence-electron chi connectivity index (χ4n) is 1.20. The van der Waals surface area contributed by atoms with E-state index in [0.717, 1.165) is 23.6 Å². The molecule has 0 aliphatic carbocycles. The molecule has 16 heavy (non-hydrogen) atoms. The van der Waals surface area contributed by atoms with Crippen molar-refractivity contribution >= 4 is 17.2 Å². The predicted octanol–water partition coefficient (Wildman–Crippen LogP) is 0.0466. The minimum absolute atomic E-state index is 0.102. The number of hydrogen-bond acceptors (Lipinski definition) is 4. The maximum absolute atomic E-state index is 11.7. The van der Waals surface area contributed by atoms with Gasteiger partial charge in [-0.3, -0.25) is 9.59 Å². The number of aromatic nitrogens is 1. The highest BCUT2D eigenvalue weighted by atomic mass is 32.1. The zero-order chi connectivity index (χ0) is 12.3. The van der Waals surface area contributed by atoms with E-state index >= 15 is 0 Å². The number of likely N-dealkylation sites (N-methyl/N-ethyl adjacent to an activating group) is 1. The number of nitrogens with one attached hydrogen (secondary N) is 1. The molecule has 1 amide bonds. The quantitative estimate of drug-likeness (QED) is 0.813. The van der Waals surface area contributed by atoms with E-state index in [-0.39, 0.29) is 10.8 Å². The Balaban J connectivity index is 2.67. The van der Waals surface area contributed by atoms with Gasteiger partial charge < -0.3 is 14.8 Å². The Morgan fingerprint density at radius 1 is 1.50 bits per heavy atom.